The smallest absolute Gasteiger partial charge is 0.123 e. The molecular formula is C21H37NOS. The van der Waals surface area contributed by atoms with Gasteiger partial charge in [0, 0.05) is 15.7 Å². The number of hydrogen-bond donors (Lipinski definition) is 1. The van der Waals surface area contributed by atoms with Gasteiger partial charge in [-0.15, -0.1) is 24.5 Å². The largest absolute Gasteiger partial charge is 0.320 e. The van der Waals surface area contributed by atoms with Crippen LogP contribution >= 0.6 is 11.3 Å². The van der Waals surface area contributed by atoms with Crippen molar-refractivity contribution in [3.05, 3.63) is 34.0 Å². The van der Waals surface area contributed by atoms with Crippen LogP contribution in [0.1, 0.15) is 66.3 Å². The monoisotopic (exact) mass is 351 g/mol. The number of aldehydes is 1. The average Bonchev–Trinajstić information content (AvgIpc) is 3.43. The number of carbonyl (C=O) groups excluding carboxylic acids is 1. The second-order valence-corrected chi connectivity index (χ2v) is 7.63. The first-order valence-corrected chi connectivity index (χ1v) is 10.1. The van der Waals surface area contributed by atoms with Crippen molar-refractivity contribution in [1.82, 2.24) is 5.32 Å². The molecule has 1 heterocycles. The summed E-state index contributed by atoms with van der Waals surface area (Å²) < 4.78 is 0. The number of carbonyl (C=O) groups is 1. The van der Waals surface area contributed by atoms with Gasteiger partial charge >= 0.3 is 0 Å². The molecule has 0 amide bonds. The molecule has 0 bridgehead atoms. The lowest BCUT2D eigenvalue weighted by molar-refractivity contribution is -0.108. The summed E-state index contributed by atoms with van der Waals surface area (Å²) in [6, 6.07) is 0. The first kappa shape index (κ1) is 23.1. The molecule has 0 aromatic carbocycles. The van der Waals surface area contributed by atoms with Crippen LogP contribution in [0.3, 0.4) is 0 Å². The van der Waals surface area contributed by atoms with Crippen LogP contribution < -0.4 is 5.32 Å². The molecule has 0 atom stereocenters. The van der Waals surface area contributed by atoms with E-state index in [0.717, 1.165) is 25.7 Å². The summed E-state index contributed by atoms with van der Waals surface area (Å²) in [5.74, 6) is 0.454. The first-order valence-electron chi connectivity index (χ1n) is 9.31. The summed E-state index contributed by atoms with van der Waals surface area (Å²) >= 11 is 2.02. The van der Waals surface area contributed by atoms with Crippen molar-refractivity contribution in [3.8, 4) is 0 Å². The lowest BCUT2D eigenvalue weighted by atomic mass is 9.96. The molecule has 0 unspecified atom stereocenters. The summed E-state index contributed by atoms with van der Waals surface area (Å²) in [5, 5.41) is 3.07. The Labute approximate surface area is 153 Å². The molecule has 0 aliphatic heterocycles. The van der Waals surface area contributed by atoms with Gasteiger partial charge in [0.05, 0.1) is 0 Å². The van der Waals surface area contributed by atoms with Crippen LogP contribution in [0.5, 0.6) is 0 Å². The SMILES string of the molecule is C=C.CCCCNC.Cc1sc2c(c1C)CCCC2.O=CC1CC1. The molecule has 3 heteroatoms. The van der Waals surface area contributed by atoms with Crippen molar-refractivity contribution in [1.29, 1.82) is 0 Å². The number of fused-ring (bicyclic) bond motifs is 1. The minimum absolute atomic E-state index is 0.454. The molecule has 1 N–H and O–H groups in total. The molecule has 0 spiro atoms. The predicted molar refractivity (Wildman–Crippen MR) is 109 cm³/mol. The summed E-state index contributed by atoms with van der Waals surface area (Å²) in [5.41, 5.74) is 3.25. The van der Waals surface area contributed by atoms with Gasteiger partial charge in [-0.2, -0.15) is 0 Å². The van der Waals surface area contributed by atoms with Crippen molar-refractivity contribution in [2.24, 2.45) is 5.92 Å². The van der Waals surface area contributed by atoms with E-state index in [1.165, 1.54) is 43.4 Å². The van der Waals surface area contributed by atoms with Gasteiger partial charge in [0.1, 0.15) is 6.29 Å². The predicted octanol–water partition coefficient (Wildman–Crippen LogP) is 5.65. The quantitative estimate of drug-likeness (QED) is 0.431. The van der Waals surface area contributed by atoms with E-state index >= 15 is 0 Å². The second kappa shape index (κ2) is 14.4. The highest BCUT2D eigenvalue weighted by Crippen LogP contribution is 2.32. The van der Waals surface area contributed by atoms with Gasteiger partial charge in [-0.3, -0.25) is 0 Å². The molecule has 1 aromatic heterocycles. The third kappa shape index (κ3) is 9.39. The van der Waals surface area contributed by atoms with E-state index in [-0.39, 0.29) is 0 Å². The van der Waals surface area contributed by atoms with Crippen LogP contribution in [0.25, 0.3) is 0 Å². The molecule has 1 fully saturated rings. The highest BCUT2D eigenvalue weighted by atomic mass is 32.1. The number of nitrogens with one attached hydrogen (secondary N) is 1. The Kier molecular flexibility index (Phi) is 13.9. The van der Waals surface area contributed by atoms with Gasteiger partial charge in [-0.1, -0.05) is 13.3 Å². The van der Waals surface area contributed by atoms with Crippen LogP contribution in [0.4, 0.5) is 0 Å². The Hall–Kier alpha value is -0.930. The first-order chi connectivity index (χ1) is 11.6. The maximum absolute atomic E-state index is 9.57. The second-order valence-electron chi connectivity index (χ2n) is 6.32. The van der Waals surface area contributed by atoms with Crippen LogP contribution in [0.2, 0.25) is 0 Å². The topological polar surface area (TPSA) is 29.1 Å². The molecule has 2 aliphatic rings. The highest BCUT2D eigenvalue weighted by molar-refractivity contribution is 7.12. The number of aryl methyl sites for hydroxylation is 2. The normalized spacial score (nSPS) is 14.7. The summed E-state index contributed by atoms with van der Waals surface area (Å²) in [6.07, 6.45) is 11.4. The van der Waals surface area contributed by atoms with Crippen molar-refractivity contribution in [3.63, 3.8) is 0 Å². The van der Waals surface area contributed by atoms with Gasteiger partial charge in [0.25, 0.3) is 0 Å². The van der Waals surface area contributed by atoms with Crippen molar-refractivity contribution in [2.75, 3.05) is 13.6 Å². The Morgan fingerprint density at radius 2 is 1.83 bits per heavy atom. The van der Waals surface area contributed by atoms with E-state index in [0.29, 0.717) is 5.92 Å². The van der Waals surface area contributed by atoms with E-state index < -0.39 is 0 Å². The minimum Gasteiger partial charge on any atom is -0.320 e. The van der Waals surface area contributed by atoms with Gasteiger partial charge in [0.2, 0.25) is 0 Å². The Morgan fingerprint density at radius 1 is 1.21 bits per heavy atom. The number of thiophene rings is 1. The standard InChI is InChI=1S/C10H14S.C5H13N.C4H6O.C2H4/c1-7-8(2)11-10-6-4-3-5-9(7)10;1-3-4-5-6-2;5-3-4-1-2-4;1-2/h3-6H2,1-2H3;6H,3-5H2,1-2H3;3-4H,1-2H2;1-2H2. The Balaban J connectivity index is 0.000000347. The maximum atomic E-state index is 9.57. The van der Waals surface area contributed by atoms with E-state index in [1.807, 2.05) is 18.4 Å². The molecular weight excluding hydrogens is 314 g/mol. The molecule has 0 radical (unpaired) electrons. The highest BCUT2D eigenvalue weighted by Gasteiger charge is 2.19. The molecule has 24 heavy (non-hydrogen) atoms. The zero-order valence-electron chi connectivity index (χ0n) is 16.2. The zero-order chi connectivity index (χ0) is 18.4. The fourth-order valence-electron chi connectivity index (χ4n) is 2.45. The molecule has 1 aromatic rings. The van der Waals surface area contributed by atoms with Crippen LogP contribution in [-0.4, -0.2) is 19.9 Å². The van der Waals surface area contributed by atoms with Crippen LogP contribution in [-0.2, 0) is 17.6 Å². The van der Waals surface area contributed by atoms with Crippen LogP contribution in [0, 0.1) is 19.8 Å². The number of rotatable bonds is 4. The fourth-order valence-corrected chi connectivity index (χ4v) is 3.72. The Bertz CT molecular complexity index is 445. The average molecular weight is 352 g/mol. The lowest BCUT2D eigenvalue weighted by Crippen LogP contribution is -2.06. The molecule has 3 rings (SSSR count). The van der Waals surface area contributed by atoms with E-state index in [2.05, 4.69) is 39.2 Å². The third-order valence-corrected chi connectivity index (χ3v) is 5.58. The van der Waals surface area contributed by atoms with Crippen molar-refractivity contribution < 1.29 is 4.79 Å². The van der Waals surface area contributed by atoms with Gasteiger partial charge in [0.15, 0.2) is 0 Å². The van der Waals surface area contributed by atoms with Gasteiger partial charge in [-0.05, 0) is 83.5 Å². The summed E-state index contributed by atoms with van der Waals surface area (Å²) in [4.78, 5) is 12.8. The van der Waals surface area contributed by atoms with Crippen molar-refractivity contribution in [2.45, 2.75) is 72.1 Å². The molecule has 2 aliphatic carbocycles. The van der Waals surface area contributed by atoms with Crippen LogP contribution in [0.15, 0.2) is 13.2 Å². The minimum atomic E-state index is 0.454. The van der Waals surface area contributed by atoms with E-state index in [9.17, 15) is 4.79 Å². The van der Waals surface area contributed by atoms with E-state index in [4.69, 9.17) is 0 Å². The molecule has 1 saturated carbocycles. The maximum Gasteiger partial charge on any atom is 0.123 e. The lowest BCUT2D eigenvalue weighted by Gasteiger charge is -2.10. The number of unbranched alkanes of at least 4 members (excludes halogenated alkanes) is 1. The molecule has 138 valence electrons. The fraction of sp³-hybridized carbons (Fsp3) is 0.667. The summed E-state index contributed by atoms with van der Waals surface area (Å²) in [6.45, 7) is 13.9. The van der Waals surface area contributed by atoms with Gasteiger partial charge in [-0.25, -0.2) is 0 Å². The molecule has 2 nitrogen and oxygen atoms in total. The molecule has 0 saturated heterocycles. The zero-order valence-corrected chi connectivity index (χ0v) is 17.1. The Morgan fingerprint density at radius 3 is 2.21 bits per heavy atom. The van der Waals surface area contributed by atoms with E-state index in [1.54, 1.807) is 16.0 Å². The third-order valence-electron chi connectivity index (χ3n) is 4.27. The number of hydrogen-bond acceptors (Lipinski definition) is 3. The van der Waals surface area contributed by atoms with Crippen molar-refractivity contribution >= 4 is 17.6 Å². The summed E-state index contributed by atoms with van der Waals surface area (Å²) in [7, 11) is 1.98. The van der Waals surface area contributed by atoms with Gasteiger partial charge < -0.3 is 10.1 Å².